The molecule has 0 spiro atoms. The summed E-state index contributed by atoms with van der Waals surface area (Å²) in [6.07, 6.45) is 0.391. The molecular formula is C20H26N2O2. The Labute approximate surface area is 144 Å². The largest absolute Gasteiger partial charge is 0.489 e. The van der Waals surface area contributed by atoms with Gasteiger partial charge < -0.3 is 15.0 Å². The van der Waals surface area contributed by atoms with Crippen molar-refractivity contribution < 1.29 is 9.53 Å². The highest BCUT2D eigenvalue weighted by atomic mass is 16.5. The summed E-state index contributed by atoms with van der Waals surface area (Å²) in [7, 11) is 3.71. The molecule has 24 heavy (non-hydrogen) atoms. The molecule has 0 aliphatic heterocycles. The van der Waals surface area contributed by atoms with Gasteiger partial charge in [-0.2, -0.15) is 0 Å². The number of nitrogens with one attached hydrogen (secondary N) is 1. The molecule has 2 aromatic carbocycles. The third kappa shape index (κ3) is 5.39. The van der Waals surface area contributed by atoms with Crippen molar-refractivity contribution in [3.63, 3.8) is 0 Å². The van der Waals surface area contributed by atoms with Gasteiger partial charge in [-0.15, -0.1) is 0 Å². The van der Waals surface area contributed by atoms with Crippen LogP contribution in [-0.2, 0) is 17.8 Å². The predicted octanol–water partition coefficient (Wildman–Crippen LogP) is 2.79. The van der Waals surface area contributed by atoms with Crippen LogP contribution >= 0.6 is 0 Å². The summed E-state index contributed by atoms with van der Waals surface area (Å²) in [6.45, 7) is 4.11. The number of carbonyl (C=O) groups is 1. The first-order valence-corrected chi connectivity index (χ1v) is 8.25. The highest BCUT2D eigenvalue weighted by Crippen LogP contribution is 2.17. The Hall–Kier alpha value is -2.33. The molecule has 128 valence electrons. The maximum atomic E-state index is 12.2. The lowest BCUT2D eigenvalue weighted by atomic mass is 10.1. The third-order valence-electron chi connectivity index (χ3n) is 4.03. The molecule has 2 rings (SSSR count). The maximum Gasteiger partial charge on any atom is 0.226 e. The van der Waals surface area contributed by atoms with Gasteiger partial charge in [0.25, 0.3) is 0 Å². The van der Waals surface area contributed by atoms with Crippen molar-refractivity contribution >= 4 is 5.91 Å². The third-order valence-corrected chi connectivity index (χ3v) is 4.03. The van der Waals surface area contributed by atoms with E-state index < -0.39 is 0 Å². The lowest BCUT2D eigenvalue weighted by Gasteiger charge is -2.17. The van der Waals surface area contributed by atoms with Crippen molar-refractivity contribution in [3.05, 3.63) is 65.2 Å². The van der Waals surface area contributed by atoms with Crippen LogP contribution in [0.4, 0.5) is 0 Å². The smallest absolute Gasteiger partial charge is 0.226 e. The van der Waals surface area contributed by atoms with Crippen LogP contribution in [0, 0.1) is 6.92 Å². The Morgan fingerprint density at radius 2 is 1.96 bits per heavy atom. The first-order chi connectivity index (χ1) is 11.6. The molecule has 0 saturated heterocycles. The van der Waals surface area contributed by atoms with Crippen molar-refractivity contribution in [3.8, 4) is 5.75 Å². The van der Waals surface area contributed by atoms with Gasteiger partial charge >= 0.3 is 0 Å². The molecule has 0 bridgehead atoms. The molecule has 4 nitrogen and oxygen atoms in total. The van der Waals surface area contributed by atoms with Crippen molar-refractivity contribution in [1.82, 2.24) is 10.2 Å². The Bertz CT molecular complexity index is 670. The Kier molecular flexibility index (Phi) is 6.82. The molecule has 0 aliphatic rings. The fourth-order valence-electron chi connectivity index (χ4n) is 2.39. The van der Waals surface area contributed by atoms with Gasteiger partial charge in [0.1, 0.15) is 12.4 Å². The first-order valence-electron chi connectivity index (χ1n) is 8.25. The van der Waals surface area contributed by atoms with Crippen LogP contribution in [0.2, 0.25) is 0 Å². The first kappa shape index (κ1) is 18.0. The summed E-state index contributed by atoms with van der Waals surface area (Å²) < 4.78 is 5.89. The fourth-order valence-corrected chi connectivity index (χ4v) is 2.39. The molecule has 0 aromatic heterocycles. The van der Waals surface area contributed by atoms with Crippen LogP contribution in [-0.4, -0.2) is 38.0 Å². The fraction of sp³-hybridized carbons (Fsp3) is 0.350. The van der Waals surface area contributed by atoms with Gasteiger partial charge in [0.15, 0.2) is 0 Å². The highest BCUT2D eigenvalue weighted by molar-refractivity contribution is 5.78. The maximum absolute atomic E-state index is 12.2. The van der Waals surface area contributed by atoms with Gasteiger partial charge in [0.05, 0.1) is 6.42 Å². The quantitative estimate of drug-likeness (QED) is 0.811. The number of hydrogen-bond acceptors (Lipinski definition) is 3. The second-order valence-electron chi connectivity index (χ2n) is 5.96. The molecule has 0 heterocycles. The second kappa shape index (κ2) is 9.08. The van der Waals surface area contributed by atoms with E-state index in [0.717, 1.165) is 17.9 Å². The number of amides is 1. The van der Waals surface area contributed by atoms with Gasteiger partial charge in [-0.3, -0.25) is 4.79 Å². The van der Waals surface area contributed by atoms with Gasteiger partial charge in [-0.05, 0) is 42.8 Å². The average Bonchev–Trinajstić information content (AvgIpc) is 2.59. The second-order valence-corrected chi connectivity index (χ2v) is 5.96. The van der Waals surface area contributed by atoms with Gasteiger partial charge in [-0.1, -0.05) is 36.4 Å². The van der Waals surface area contributed by atoms with Crippen LogP contribution in [0.5, 0.6) is 5.75 Å². The topological polar surface area (TPSA) is 41.6 Å². The van der Waals surface area contributed by atoms with Crippen LogP contribution < -0.4 is 10.1 Å². The monoisotopic (exact) mass is 326 g/mol. The minimum absolute atomic E-state index is 0.112. The van der Waals surface area contributed by atoms with Gasteiger partial charge in [0.2, 0.25) is 5.91 Å². The lowest BCUT2D eigenvalue weighted by molar-refractivity contribution is -0.129. The van der Waals surface area contributed by atoms with E-state index in [0.29, 0.717) is 19.6 Å². The van der Waals surface area contributed by atoms with Crippen LogP contribution in [0.25, 0.3) is 0 Å². The van der Waals surface area contributed by atoms with Crippen molar-refractivity contribution in [1.29, 1.82) is 0 Å². The number of ether oxygens (including phenoxy) is 1. The molecule has 2 aromatic rings. The summed E-state index contributed by atoms with van der Waals surface area (Å²) in [6, 6.07) is 16.0. The SMILES string of the molecule is CNCCN(C)C(=O)Cc1cccc(OCc2ccccc2C)c1. The Morgan fingerprint density at radius 3 is 2.71 bits per heavy atom. The molecule has 0 fully saturated rings. The predicted molar refractivity (Wildman–Crippen MR) is 97.2 cm³/mol. The lowest BCUT2D eigenvalue weighted by Crippen LogP contribution is -2.33. The molecule has 0 atom stereocenters. The molecule has 1 N–H and O–H groups in total. The van der Waals surface area contributed by atoms with Crippen LogP contribution in [0.3, 0.4) is 0 Å². The highest BCUT2D eigenvalue weighted by Gasteiger charge is 2.09. The van der Waals surface area contributed by atoms with E-state index in [-0.39, 0.29) is 5.91 Å². The molecular weight excluding hydrogens is 300 g/mol. The molecule has 0 saturated carbocycles. The van der Waals surface area contributed by atoms with Gasteiger partial charge in [0, 0.05) is 20.1 Å². The Balaban J connectivity index is 1.94. The van der Waals surface area contributed by atoms with E-state index in [1.807, 2.05) is 50.5 Å². The molecule has 0 unspecified atom stereocenters. The van der Waals surface area contributed by atoms with Crippen LogP contribution in [0.15, 0.2) is 48.5 Å². The summed E-state index contributed by atoms with van der Waals surface area (Å²) in [5.41, 5.74) is 3.36. The normalized spacial score (nSPS) is 10.5. The number of benzene rings is 2. The number of nitrogens with zero attached hydrogens (tertiary/aromatic N) is 1. The summed E-state index contributed by atoms with van der Waals surface area (Å²) in [5.74, 6) is 0.905. The zero-order chi connectivity index (χ0) is 17.4. The van der Waals surface area contributed by atoms with Crippen molar-refractivity contribution in [2.45, 2.75) is 20.0 Å². The number of likely N-dealkylation sites (N-methyl/N-ethyl adjacent to an activating group) is 2. The minimum atomic E-state index is 0.112. The number of hydrogen-bond donors (Lipinski definition) is 1. The zero-order valence-corrected chi connectivity index (χ0v) is 14.7. The van der Waals surface area contributed by atoms with E-state index in [4.69, 9.17) is 4.74 Å². The molecule has 0 aliphatic carbocycles. The molecule has 1 amide bonds. The van der Waals surface area contributed by atoms with E-state index in [9.17, 15) is 4.79 Å². The summed E-state index contributed by atoms with van der Waals surface area (Å²) >= 11 is 0. The van der Waals surface area contributed by atoms with Crippen molar-refractivity contribution in [2.24, 2.45) is 0 Å². The number of carbonyl (C=O) groups excluding carboxylic acids is 1. The van der Waals surface area contributed by atoms with E-state index >= 15 is 0 Å². The number of rotatable bonds is 8. The number of aryl methyl sites for hydroxylation is 1. The van der Waals surface area contributed by atoms with E-state index in [1.54, 1.807) is 4.90 Å². The van der Waals surface area contributed by atoms with E-state index in [1.165, 1.54) is 11.1 Å². The van der Waals surface area contributed by atoms with E-state index in [2.05, 4.69) is 24.4 Å². The summed E-state index contributed by atoms with van der Waals surface area (Å²) in [5, 5.41) is 3.05. The molecule has 0 radical (unpaired) electrons. The van der Waals surface area contributed by atoms with Gasteiger partial charge in [-0.25, -0.2) is 0 Å². The standard InChI is InChI=1S/C20H26N2O2/c1-16-7-4-5-9-18(16)15-24-19-10-6-8-17(13-19)14-20(23)22(3)12-11-21-2/h4-10,13,21H,11-12,14-15H2,1-3H3. The zero-order valence-electron chi connectivity index (χ0n) is 14.7. The molecule has 4 heteroatoms. The Morgan fingerprint density at radius 1 is 1.17 bits per heavy atom. The van der Waals surface area contributed by atoms with Crippen LogP contribution in [0.1, 0.15) is 16.7 Å². The average molecular weight is 326 g/mol. The van der Waals surface area contributed by atoms with Crippen molar-refractivity contribution in [2.75, 3.05) is 27.2 Å². The summed E-state index contributed by atoms with van der Waals surface area (Å²) in [4.78, 5) is 14.0. The minimum Gasteiger partial charge on any atom is -0.489 e.